The van der Waals surface area contributed by atoms with Gasteiger partial charge in [-0.25, -0.2) is 4.79 Å². The van der Waals surface area contributed by atoms with Gasteiger partial charge in [-0.1, -0.05) is 25.3 Å². The number of carboxylic acids is 1. The lowest BCUT2D eigenvalue weighted by Gasteiger charge is -2.23. The molecule has 29 heavy (non-hydrogen) atoms. The largest absolute Gasteiger partial charge is 0.478 e. The highest BCUT2D eigenvalue weighted by Crippen LogP contribution is 2.44. The van der Waals surface area contributed by atoms with Crippen molar-refractivity contribution in [1.82, 2.24) is 9.47 Å². The summed E-state index contributed by atoms with van der Waals surface area (Å²) in [5.41, 5.74) is 3.06. The molecule has 4 rings (SSSR count). The molecule has 0 atom stereocenters. The molecule has 0 spiro atoms. The predicted molar refractivity (Wildman–Crippen MR) is 111 cm³/mol. The Morgan fingerprint density at radius 1 is 1.17 bits per heavy atom. The van der Waals surface area contributed by atoms with E-state index >= 15 is 0 Å². The maximum absolute atomic E-state index is 12.6. The molecule has 0 saturated heterocycles. The molecule has 1 aromatic carbocycles. The average molecular weight is 394 g/mol. The number of nitrogens with zero attached hydrogens (tertiary/aromatic N) is 2. The van der Waals surface area contributed by atoms with Crippen molar-refractivity contribution in [1.29, 1.82) is 0 Å². The number of carbonyl (C=O) groups is 2. The standard InChI is InChI=1S/C23H26N2O4/c1-24(2)20(26)14-25-18-13-16(23(27)28)10-11-17(18)21(15-7-4-3-5-8-15)22(25)19-9-6-12-29-19/h6,9-13,15H,3-5,7-8,14H2,1-2H3,(H,27,28). The molecule has 0 radical (unpaired) electrons. The van der Waals surface area contributed by atoms with Crippen LogP contribution in [0.15, 0.2) is 41.0 Å². The lowest BCUT2D eigenvalue weighted by molar-refractivity contribution is -0.129. The van der Waals surface area contributed by atoms with E-state index in [9.17, 15) is 14.7 Å². The molecule has 2 heterocycles. The Bertz CT molecular complexity index is 1040. The van der Waals surface area contributed by atoms with Crippen molar-refractivity contribution in [2.45, 2.75) is 44.6 Å². The summed E-state index contributed by atoms with van der Waals surface area (Å²) in [7, 11) is 3.45. The maximum atomic E-state index is 12.6. The van der Waals surface area contributed by atoms with Gasteiger partial charge in [0.05, 0.1) is 23.0 Å². The number of aromatic carboxylic acids is 1. The second-order valence-corrected chi connectivity index (χ2v) is 7.99. The summed E-state index contributed by atoms with van der Waals surface area (Å²) in [5.74, 6) is 0.0610. The minimum Gasteiger partial charge on any atom is -0.478 e. The molecule has 1 amide bonds. The second-order valence-electron chi connectivity index (χ2n) is 7.99. The Balaban J connectivity index is 2.01. The van der Waals surface area contributed by atoms with E-state index in [1.54, 1.807) is 37.4 Å². The van der Waals surface area contributed by atoms with Crippen LogP contribution in [-0.4, -0.2) is 40.5 Å². The molecule has 0 aliphatic heterocycles. The van der Waals surface area contributed by atoms with Crippen molar-refractivity contribution in [3.8, 4) is 11.5 Å². The summed E-state index contributed by atoms with van der Waals surface area (Å²) in [4.78, 5) is 25.8. The molecule has 1 aliphatic rings. The Kier molecular flexibility index (Phi) is 5.18. The molecule has 152 valence electrons. The third-order valence-corrected chi connectivity index (χ3v) is 5.91. The molecule has 3 aromatic rings. The Hall–Kier alpha value is -3.02. The number of carbonyl (C=O) groups excluding carboxylic acids is 1. The number of amides is 1. The zero-order valence-electron chi connectivity index (χ0n) is 16.9. The zero-order chi connectivity index (χ0) is 20.5. The first kappa shape index (κ1) is 19.3. The molecular formula is C23H26N2O4. The van der Waals surface area contributed by atoms with Crippen molar-refractivity contribution in [2.75, 3.05) is 14.1 Å². The smallest absolute Gasteiger partial charge is 0.335 e. The van der Waals surface area contributed by atoms with Crippen LogP contribution in [-0.2, 0) is 11.3 Å². The lowest BCUT2D eigenvalue weighted by Crippen LogP contribution is -2.26. The predicted octanol–water partition coefficient (Wildman–Crippen LogP) is 4.74. The third kappa shape index (κ3) is 3.55. The van der Waals surface area contributed by atoms with Gasteiger partial charge in [0.2, 0.25) is 5.91 Å². The molecule has 1 N–H and O–H groups in total. The van der Waals surface area contributed by atoms with E-state index < -0.39 is 5.97 Å². The van der Waals surface area contributed by atoms with Gasteiger partial charge in [-0.15, -0.1) is 0 Å². The number of carboxylic acid groups (broad SMARTS) is 1. The molecule has 0 unspecified atom stereocenters. The number of rotatable bonds is 5. The fraction of sp³-hybridized carbons (Fsp3) is 0.391. The van der Waals surface area contributed by atoms with Crippen molar-refractivity contribution < 1.29 is 19.1 Å². The van der Waals surface area contributed by atoms with Crippen LogP contribution in [0.2, 0.25) is 0 Å². The minimum absolute atomic E-state index is 0.0503. The van der Waals surface area contributed by atoms with Crippen molar-refractivity contribution in [2.24, 2.45) is 0 Å². The van der Waals surface area contributed by atoms with Crippen LogP contribution in [0.5, 0.6) is 0 Å². The Morgan fingerprint density at radius 2 is 1.93 bits per heavy atom. The third-order valence-electron chi connectivity index (χ3n) is 5.91. The first-order valence-corrected chi connectivity index (χ1v) is 10.1. The second kappa shape index (κ2) is 7.78. The fourth-order valence-electron chi connectivity index (χ4n) is 4.43. The zero-order valence-corrected chi connectivity index (χ0v) is 16.9. The molecular weight excluding hydrogens is 368 g/mol. The normalized spacial score (nSPS) is 15.0. The molecule has 1 fully saturated rings. The van der Waals surface area contributed by atoms with Gasteiger partial charge in [-0.3, -0.25) is 4.79 Å². The summed E-state index contributed by atoms with van der Waals surface area (Å²) in [5, 5.41) is 10.5. The molecule has 6 nitrogen and oxygen atoms in total. The highest BCUT2D eigenvalue weighted by molar-refractivity contribution is 5.98. The number of hydrogen-bond acceptors (Lipinski definition) is 3. The highest BCUT2D eigenvalue weighted by atomic mass is 16.4. The minimum atomic E-state index is -0.975. The Morgan fingerprint density at radius 3 is 2.55 bits per heavy atom. The summed E-state index contributed by atoms with van der Waals surface area (Å²) >= 11 is 0. The van der Waals surface area contributed by atoms with Gasteiger partial charge in [-0.05, 0) is 48.6 Å². The van der Waals surface area contributed by atoms with Crippen molar-refractivity contribution in [3.05, 3.63) is 47.7 Å². The van der Waals surface area contributed by atoms with Crippen LogP contribution >= 0.6 is 0 Å². The van der Waals surface area contributed by atoms with E-state index in [1.165, 1.54) is 24.8 Å². The van der Waals surface area contributed by atoms with Gasteiger partial charge < -0.3 is 19.0 Å². The molecule has 6 heteroatoms. The number of furan rings is 1. The molecule has 0 bridgehead atoms. The van der Waals surface area contributed by atoms with E-state index in [0.29, 0.717) is 11.7 Å². The van der Waals surface area contributed by atoms with Gasteiger partial charge in [0.15, 0.2) is 5.76 Å². The summed E-state index contributed by atoms with van der Waals surface area (Å²) in [6.07, 6.45) is 7.42. The summed E-state index contributed by atoms with van der Waals surface area (Å²) < 4.78 is 7.72. The first-order chi connectivity index (χ1) is 14.0. The molecule has 2 aromatic heterocycles. The highest BCUT2D eigenvalue weighted by Gasteiger charge is 2.29. The summed E-state index contributed by atoms with van der Waals surface area (Å²) in [6, 6.07) is 8.99. The number of hydrogen-bond donors (Lipinski definition) is 1. The average Bonchev–Trinajstić information content (AvgIpc) is 3.34. The van der Waals surface area contributed by atoms with Gasteiger partial charge in [0.25, 0.3) is 0 Å². The quantitative estimate of drug-likeness (QED) is 0.678. The first-order valence-electron chi connectivity index (χ1n) is 10.1. The van der Waals surface area contributed by atoms with Crippen LogP contribution in [0.1, 0.15) is 53.9 Å². The van der Waals surface area contributed by atoms with Gasteiger partial charge >= 0.3 is 5.97 Å². The van der Waals surface area contributed by atoms with E-state index in [1.807, 2.05) is 22.8 Å². The van der Waals surface area contributed by atoms with Gasteiger partial charge in [0.1, 0.15) is 6.54 Å². The molecule has 1 aliphatic carbocycles. The van der Waals surface area contributed by atoms with Crippen LogP contribution in [0, 0.1) is 0 Å². The van der Waals surface area contributed by atoms with Crippen LogP contribution in [0.4, 0.5) is 0 Å². The number of likely N-dealkylation sites (N-methyl/N-ethyl adjacent to an activating group) is 1. The lowest BCUT2D eigenvalue weighted by atomic mass is 9.82. The van der Waals surface area contributed by atoms with Gasteiger partial charge in [0, 0.05) is 19.5 Å². The SMILES string of the molecule is CN(C)C(=O)Cn1c(-c2ccco2)c(C2CCCCC2)c2ccc(C(=O)O)cc21. The van der Waals surface area contributed by atoms with E-state index in [-0.39, 0.29) is 18.0 Å². The molecule has 1 saturated carbocycles. The number of benzene rings is 1. The van der Waals surface area contributed by atoms with Crippen LogP contribution < -0.4 is 0 Å². The van der Waals surface area contributed by atoms with Crippen LogP contribution in [0.25, 0.3) is 22.4 Å². The van der Waals surface area contributed by atoms with Crippen molar-refractivity contribution in [3.63, 3.8) is 0 Å². The van der Waals surface area contributed by atoms with E-state index in [4.69, 9.17) is 4.42 Å². The maximum Gasteiger partial charge on any atom is 0.335 e. The topological polar surface area (TPSA) is 75.7 Å². The number of aromatic nitrogens is 1. The van der Waals surface area contributed by atoms with E-state index in [2.05, 4.69) is 0 Å². The van der Waals surface area contributed by atoms with Crippen molar-refractivity contribution >= 4 is 22.8 Å². The van der Waals surface area contributed by atoms with Crippen LogP contribution in [0.3, 0.4) is 0 Å². The summed E-state index contributed by atoms with van der Waals surface area (Å²) in [6.45, 7) is 0.134. The fourth-order valence-corrected chi connectivity index (χ4v) is 4.43. The van der Waals surface area contributed by atoms with Gasteiger partial charge in [-0.2, -0.15) is 0 Å². The Labute approximate surface area is 169 Å². The van der Waals surface area contributed by atoms with E-state index in [0.717, 1.165) is 29.4 Å². The monoisotopic (exact) mass is 394 g/mol. The number of fused-ring (bicyclic) bond motifs is 1.